The lowest BCUT2D eigenvalue weighted by atomic mass is 10.1. The van der Waals surface area contributed by atoms with Crippen LogP contribution >= 0.6 is 0 Å². The summed E-state index contributed by atoms with van der Waals surface area (Å²) in [6.07, 6.45) is 4.37. The molecule has 0 amide bonds. The van der Waals surface area contributed by atoms with Gasteiger partial charge in [0.05, 0.1) is 6.61 Å². The Bertz CT molecular complexity index is 272. The van der Waals surface area contributed by atoms with Gasteiger partial charge in [0.25, 0.3) is 0 Å². The van der Waals surface area contributed by atoms with Crippen LogP contribution in [-0.2, 0) is 16.0 Å². The van der Waals surface area contributed by atoms with Crippen LogP contribution in [0.15, 0.2) is 24.5 Å². The third-order valence-electron chi connectivity index (χ3n) is 1.85. The Morgan fingerprint density at radius 3 is 3.07 bits per heavy atom. The third kappa shape index (κ3) is 4.14. The van der Waals surface area contributed by atoms with Gasteiger partial charge < -0.3 is 4.74 Å². The van der Waals surface area contributed by atoms with E-state index in [4.69, 9.17) is 4.74 Å². The first-order chi connectivity index (χ1) is 6.83. The molecule has 0 spiro atoms. The molecule has 3 nitrogen and oxygen atoms in total. The van der Waals surface area contributed by atoms with Gasteiger partial charge in [-0.3, -0.25) is 9.78 Å². The van der Waals surface area contributed by atoms with Crippen LogP contribution < -0.4 is 0 Å². The highest BCUT2D eigenvalue weighted by Crippen LogP contribution is 1.99. The van der Waals surface area contributed by atoms with Gasteiger partial charge >= 0.3 is 0 Å². The first-order valence-corrected chi connectivity index (χ1v) is 4.81. The van der Waals surface area contributed by atoms with Gasteiger partial charge in [0.2, 0.25) is 0 Å². The SMILES string of the molecule is CCOCCC(=O)Cc1cccnc1. The number of carbonyl (C=O) groups is 1. The molecular formula is C11H15NO2. The molecule has 0 aliphatic carbocycles. The summed E-state index contributed by atoms with van der Waals surface area (Å²) >= 11 is 0. The third-order valence-corrected chi connectivity index (χ3v) is 1.85. The van der Waals surface area contributed by atoms with Crippen molar-refractivity contribution in [3.63, 3.8) is 0 Å². The molecule has 0 atom stereocenters. The van der Waals surface area contributed by atoms with E-state index in [2.05, 4.69) is 4.98 Å². The topological polar surface area (TPSA) is 39.2 Å². The Kier molecular flexibility index (Phi) is 4.86. The van der Waals surface area contributed by atoms with E-state index in [1.165, 1.54) is 0 Å². The molecule has 3 heteroatoms. The Balaban J connectivity index is 2.27. The van der Waals surface area contributed by atoms with Crippen molar-refractivity contribution >= 4 is 5.78 Å². The normalized spacial score (nSPS) is 10.1. The average Bonchev–Trinajstić information content (AvgIpc) is 2.20. The van der Waals surface area contributed by atoms with Crippen LogP contribution in [0, 0.1) is 0 Å². The summed E-state index contributed by atoms with van der Waals surface area (Å²) in [7, 11) is 0. The van der Waals surface area contributed by atoms with Crippen LogP contribution in [0.25, 0.3) is 0 Å². The largest absolute Gasteiger partial charge is 0.381 e. The van der Waals surface area contributed by atoms with Gasteiger partial charge in [0.15, 0.2) is 0 Å². The number of Topliss-reactive ketones (excluding diaryl/α,β-unsaturated/α-hetero) is 1. The Hall–Kier alpha value is -1.22. The Labute approximate surface area is 84.1 Å². The van der Waals surface area contributed by atoms with Gasteiger partial charge in [0, 0.05) is 31.8 Å². The minimum Gasteiger partial charge on any atom is -0.381 e. The average molecular weight is 193 g/mol. The monoisotopic (exact) mass is 193 g/mol. The van der Waals surface area contributed by atoms with E-state index >= 15 is 0 Å². The van der Waals surface area contributed by atoms with Crippen LogP contribution in [-0.4, -0.2) is 24.0 Å². The molecule has 0 aromatic carbocycles. The van der Waals surface area contributed by atoms with Gasteiger partial charge in [0.1, 0.15) is 5.78 Å². The molecule has 0 unspecified atom stereocenters. The standard InChI is InChI=1S/C11H15NO2/c1-2-14-7-5-11(13)8-10-4-3-6-12-9-10/h3-4,6,9H,2,5,7-8H2,1H3. The highest BCUT2D eigenvalue weighted by atomic mass is 16.5. The van der Waals surface area contributed by atoms with Crippen molar-refractivity contribution < 1.29 is 9.53 Å². The molecule has 0 bridgehead atoms. The lowest BCUT2D eigenvalue weighted by molar-refractivity contribution is -0.119. The lowest BCUT2D eigenvalue weighted by Gasteiger charge is -2.00. The second-order valence-electron chi connectivity index (χ2n) is 3.02. The van der Waals surface area contributed by atoms with Crippen molar-refractivity contribution in [1.29, 1.82) is 0 Å². The molecule has 0 radical (unpaired) electrons. The minimum absolute atomic E-state index is 0.200. The molecular weight excluding hydrogens is 178 g/mol. The summed E-state index contributed by atoms with van der Waals surface area (Å²) < 4.78 is 5.11. The Morgan fingerprint density at radius 2 is 2.43 bits per heavy atom. The maximum absolute atomic E-state index is 11.4. The van der Waals surface area contributed by atoms with Crippen molar-refractivity contribution in [2.24, 2.45) is 0 Å². The molecule has 1 heterocycles. The van der Waals surface area contributed by atoms with E-state index in [0.717, 1.165) is 5.56 Å². The summed E-state index contributed by atoms with van der Waals surface area (Å²) in [6.45, 7) is 3.11. The number of rotatable bonds is 6. The fraction of sp³-hybridized carbons (Fsp3) is 0.455. The van der Waals surface area contributed by atoms with Crippen LogP contribution in [0.4, 0.5) is 0 Å². The van der Waals surface area contributed by atoms with E-state index in [1.54, 1.807) is 12.4 Å². The zero-order valence-electron chi connectivity index (χ0n) is 8.40. The molecule has 1 rings (SSSR count). The number of hydrogen-bond acceptors (Lipinski definition) is 3. The van der Waals surface area contributed by atoms with Gasteiger partial charge in [-0.1, -0.05) is 6.07 Å². The summed E-state index contributed by atoms with van der Waals surface area (Å²) in [5.41, 5.74) is 0.967. The summed E-state index contributed by atoms with van der Waals surface area (Å²) in [4.78, 5) is 15.3. The lowest BCUT2D eigenvalue weighted by Crippen LogP contribution is -2.07. The second-order valence-corrected chi connectivity index (χ2v) is 3.02. The molecule has 1 aromatic rings. The van der Waals surface area contributed by atoms with Crippen molar-refractivity contribution in [2.75, 3.05) is 13.2 Å². The van der Waals surface area contributed by atoms with Gasteiger partial charge in [-0.15, -0.1) is 0 Å². The number of nitrogens with zero attached hydrogens (tertiary/aromatic N) is 1. The molecule has 0 saturated carbocycles. The number of ketones is 1. The smallest absolute Gasteiger partial charge is 0.139 e. The number of hydrogen-bond donors (Lipinski definition) is 0. The molecule has 0 saturated heterocycles. The van der Waals surface area contributed by atoms with Gasteiger partial charge in [-0.25, -0.2) is 0 Å². The number of ether oxygens (including phenoxy) is 1. The van der Waals surface area contributed by atoms with E-state index in [0.29, 0.717) is 26.1 Å². The molecule has 0 aliphatic heterocycles. The molecule has 0 N–H and O–H groups in total. The first-order valence-electron chi connectivity index (χ1n) is 4.81. The van der Waals surface area contributed by atoms with E-state index < -0.39 is 0 Å². The quantitative estimate of drug-likeness (QED) is 0.644. The van der Waals surface area contributed by atoms with Crippen molar-refractivity contribution in [1.82, 2.24) is 4.98 Å². The number of carbonyl (C=O) groups excluding carboxylic acids is 1. The molecule has 1 aromatic heterocycles. The van der Waals surface area contributed by atoms with Gasteiger partial charge in [-0.05, 0) is 18.6 Å². The maximum Gasteiger partial charge on any atom is 0.139 e. The van der Waals surface area contributed by atoms with Crippen molar-refractivity contribution in [3.05, 3.63) is 30.1 Å². The molecule has 14 heavy (non-hydrogen) atoms. The van der Waals surface area contributed by atoms with Gasteiger partial charge in [-0.2, -0.15) is 0 Å². The number of pyridine rings is 1. The molecule has 0 fully saturated rings. The van der Waals surface area contributed by atoms with E-state index in [9.17, 15) is 4.79 Å². The number of aromatic nitrogens is 1. The molecule has 76 valence electrons. The van der Waals surface area contributed by atoms with Crippen molar-refractivity contribution in [3.8, 4) is 0 Å². The van der Waals surface area contributed by atoms with E-state index in [-0.39, 0.29) is 5.78 Å². The fourth-order valence-corrected chi connectivity index (χ4v) is 1.15. The van der Waals surface area contributed by atoms with E-state index in [1.807, 2.05) is 19.1 Å². The summed E-state index contributed by atoms with van der Waals surface area (Å²) in [5, 5.41) is 0. The first kappa shape index (κ1) is 10.9. The summed E-state index contributed by atoms with van der Waals surface area (Å²) in [5.74, 6) is 0.200. The second kappa shape index (κ2) is 6.27. The fourth-order valence-electron chi connectivity index (χ4n) is 1.15. The maximum atomic E-state index is 11.4. The zero-order valence-corrected chi connectivity index (χ0v) is 8.40. The van der Waals surface area contributed by atoms with Crippen LogP contribution in [0.3, 0.4) is 0 Å². The highest BCUT2D eigenvalue weighted by molar-refractivity contribution is 5.80. The zero-order chi connectivity index (χ0) is 10.2. The minimum atomic E-state index is 0.200. The highest BCUT2D eigenvalue weighted by Gasteiger charge is 2.02. The predicted molar refractivity (Wildman–Crippen MR) is 54.1 cm³/mol. The Morgan fingerprint density at radius 1 is 1.57 bits per heavy atom. The van der Waals surface area contributed by atoms with Crippen molar-refractivity contribution in [2.45, 2.75) is 19.8 Å². The van der Waals surface area contributed by atoms with Crippen LogP contribution in [0.1, 0.15) is 18.9 Å². The van der Waals surface area contributed by atoms with Crippen LogP contribution in [0.5, 0.6) is 0 Å². The predicted octanol–water partition coefficient (Wildman–Crippen LogP) is 1.62. The van der Waals surface area contributed by atoms with Crippen LogP contribution in [0.2, 0.25) is 0 Å². The summed E-state index contributed by atoms with van der Waals surface area (Å²) in [6, 6.07) is 3.75. The molecule has 0 aliphatic rings.